The first-order chi connectivity index (χ1) is 8.18. The predicted molar refractivity (Wildman–Crippen MR) is 63.3 cm³/mol. The molecule has 1 heterocycles. The summed E-state index contributed by atoms with van der Waals surface area (Å²) in [6.45, 7) is 1.52. The molecular formula is C12H15N3O2. The maximum absolute atomic E-state index is 12.1. The first-order valence-electron chi connectivity index (χ1n) is 5.55. The average molecular weight is 233 g/mol. The zero-order chi connectivity index (χ0) is 12.3. The Morgan fingerprint density at radius 3 is 2.65 bits per heavy atom. The van der Waals surface area contributed by atoms with Crippen molar-refractivity contribution in [2.45, 2.75) is 6.04 Å². The number of hydrogen-bond donors (Lipinski definition) is 2. The molecule has 1 aromatic carbocycles. The van der Waals surface area contributed by atoms with Gasteiger partial charge in [0.2, 0.25) is 5.91 Å². The van der Waals surface area contributed by atoms with E-state index in [1.54, 1.807) is 17.0 Å². The topological polar surface area (TPSA) is 75.4 Å². The molecule has 0 bridgehead atoms. The van der Waals surface area contributed by atoms with Gasteiger partial charge >= 0.3 is 0 Å². The predicted octanol–water partition coefficient (Wildman–Crippen LogP) is -0.414. The third-order valence-corrected chi connectivity index (χ3v) is 2.83. The molecule has 0 aliphatic carbocycles. The molecule has 0 radical (unpaired) electrons. The Bertz CT molecular complexity index is 419. The standard InChI is InChI=1S/C12H15N3O2/c13-11(16)10-8-15(7-6-14-10)12(17)9-4-2-1-3-5-9/h1-5,10,14H,6-8H2,(H2,13,16)/t10-/m0/s1. The largest absolute Gasteiger partial charge is 0.368 e. The number of carbonyl (C=O) groups excluding carboxylic acids is 2. The van der Waals surface area contributed by atoms with Gasteiger partial charge in [-0.1, -0.05) is 18.2 Å². The SMILES string of the molecule is NC(=O)[C@@H]1CN(C(=O)c2ccccc2)CCN1. The summed E-state index contributed by atoms with van der Waals surface area (Å²) in [5, 5.41) is 2.99. The molecule has 90 valence electrons. The van der Waals surface area contributed by atoms with E-state index in [0.29, 0.717) is 25.2 Å². The highest BCUT2D eigenvalue weighted by Gasteiger charge is 2.26. The Balaban J connectivity index is 2.07. The number of benzene rings is 1. The molecular weight excluding hydrogens is 218 g/mol. The van der Waals surface area contributed by atoms with Gasteiger partial charge in [0.15, 0.2) is 0 Å². The molecule has 1 aliphatic rings. The smallest absolute Gasteiger partial charge is 0.253 e. The number of nitrogens with one attached hydrogen (secondary N) is 1. The molecule has 5 heteroatoms. The highest BCUT2D eigenvalue weighted by Crippen LogP contribution is 2.07. The van der Waals surface area contributed by atoms with Crippen LogP contribution in [0.4, 0.5) is 0 Å². The van der Waals surface area contributed by atoms with Crippen molar-refractivity contribution in [1.82, 2.24) is 10.2 Å². The zero-order valence-corrected chi connectivity index (χ0v) is 9.43. The van der Waals surface area contributed by atoms with Gasteiger partial charge in [0.05, 0.1) is 0 Å². The van der Waals surface area contributed by atoms with Crippen molar-refractivity contribution in [2.24, 2.45) is 5.73 Å². The quantitative estimate of drug-likeness (QED) is 0.729. The Labute approximate surface area is 99.6 Å². The Kier molecular flexibility index (Phi) is 3.39. The van der Waals surface area contributed by atoms with Gasteiger partial charge in [0, 0.05) is 25.2 Å². The van der Waals surface area contributed by atoms with E-state index in [2.05, 4.69) is 5.32 Å². The van der Waals surface area contributed by atoms with Crippen LogP contribution in [-0.2, 0) is 4.79 Å². The molecule has 0 saturated carbocycles. The van der Waals surface area contributed by atoms with E-state index in [4.69, 9.17) is 5.73 Å². The molecule has 1 aliphatic heterocycles. The van der Waals surface area contributed by atoms with Crippen LogP contribution in [0.25, 0.3) is 0 Å². The molecule has 0 spiro atoms. The van der Waals surface area contributed by atoms with E-state index in [1.807, 2.05) is 18.2 Å². The second-order valence-corrected chi connectivity index (χ2v) is 4.03. The lowest BCUT2D eigenvalue weighted by Crippen LogP contribution is -2.57. The molecule has 1 atom stereocenters. The Morgan fingerprint density at radius 1 is 1.29 bits per heavy atom. The fourth-order valence-electron chi connectivity index (χ4n) is 1.89. The van der Waals surface area contributed by atoms with E-state index >= 15 is 0 Å². The van der Waals surface area contributed by atoms with Gasteiger partial charge in [-0.3, -0.25) is 9.59 Å². The van der Waals surface area contributed by atoms with E-state index in [1.165, 1.54) is 0 Å². The molecule has 3 N–H and O–H groups in total. The summed E-state index contributed by atoms with van der Waals surface area (Å²) < 4.78 is 0. The number of hydrogen-bond acceptors (Lipinski definition) is 3. The summed E-state index contributed by atoms with van der Waals surface area (Å²) in [5.41, 5.74) is 5.87. The average Bonchev–Trinajstić information content (AvgIpc) is 2.39. The molecule has 5 nitrogen and oxygen atoms in total. The third kappa shape index (κ3) is 2.62. The van der Waals surface area contributed by atoms with E-state index in [0.717, 1.165) is 0 Å². The molecule has 17 heavy (non-hydrogen) atoms. The van der Waals surface area contributed by atoms with Crippen LogP contribution in [0.3, 0.4) is 0 Å². The third-order valence-electron chi connectivity index (χ3n) is 2.83. The number of amides is 2. The number of nitrogens with zero attached hydrogens (tertiary/aromatic N) is 1. The van der Waals surface area contributed by atoms with Crippen LogP contribution >= 0.6 is 0 Å². The second kappa shape index (κ2) is 4.97. The minimum atomic E-state index is -0.448. The summed E-state index contributed by atoms with van der Waals surface area (Å²) in [7, 11) is 0. The summed E-state index contributed by atoms with van der Waals surface area (Å²) in [5.74, 6) is -0.478. The lowest BCUT2D eigenvalue weighted by atomic mass is 10.1. The van der Waals surface area contributed by atoms with Crippen molar-refractivity contribution < 1.29 is 9.59 Å². The van der Waals surface area contributed by atoms with Crippen LogP contribution in [0.1, 0.15) is 10.4 Å². The molecule has 0 aromatic heterocycles. The normalized spacial score (nSPS) is 20.0. The van der Waals surface area contributed by atoms with Crippen molar-refractivity contribution in [3.05, 3.63) is 35.9 Å². The lowest BCUT2D eigenvalue weighted by molar-refractivity contribution is -0.120. The van der Waals surface area contributed by atoms with Crippen LogP contribution in [0, 0.1) is 0 Å². The summed E-state index contributed by atoms with van der Waals surface area (Å²) in [4.78, 5) is 24.8. The highest BCUT2D eigenvalue weighted by atomic mass is 16.2. The van der Waals surface area contributed by atoms with Crippen LogP contribution in [0.15, 0.2) is 30.3 Å². The molecule has 1 aromatic rings. The van der Waals surface area contributed by atoms with Crippen LogP contribution in [0.2, 0.25) is 0 Å². The number of primary amides is 1. The minimum absolute atomic E-state index is 0.0571. The lowest BCUT2D eigenvalue weighted by Gasteiger charge is -2.32. The van der Waals surface area contributed by atoms with Gasteiger partial charge in [-0.15, -0.1) is 0 Å². The fraction of sp³-hybridized carbons (Fsp3) is 0.333. The van der Waals surface area contributed by atoms with Gasteiger partial charge in [-0.2, -0.15) is 0 Å². The van der Waals surface area contributed by atoms with Crippen molar-refractivity contribution in [2.75, 3.05) is 19.6 Å². The summed E-state index contributed by atoms with van der Waals surface area (Å²) >= 11 is 0. The minimum Gasteiger partial charge on any atom is -0.368 e. The van der Waals surface area contributed by atoms with Crippen molar-refractivity contribution >= 4 is 11.8 Å². The van der Waals surface area contributed by atoms with Gasteiger partial charge in [0.25, 0.3) is 5.91 Å². The maximum atomic E-state index is 12.1. The number of nitrogens with two attached hydrogens (primary N) is 1. The molecule has 1 saturated heterocycles. The van der Waals surface area contributed by atoms with E-state index in [9.17, 15) is 9.59 Å². The van der Waals surface area contributed by atoms with Crippen molar-refractivity contribution in [3.8, 4) is 0 Å². The van der Waals surface area contributed by atoms with Gasteiger partial charge in [0.1, 0.15) is 6.04 Å². The van der Waals surface area contributed by atoms with E-state index < -0.39 is 11.9 Å². The summed E-state index contributed by atoms with van der Waals surface area (Å²) in [6.07, 6.45) is 0. The van der Waals surface area contributed by atoms with Crippen molar-refractivity contribution in [1.29, 1.82) is 0 Å². The van der Waals surface area contributed by atoms with Crippen LogP contribution in [-0.4, -0.2) is 42.4 Å². The van der Waals surface area contributed by atoms with Gasteiger partial charge in [-0.25, -0.2) is 0 Å². The first-order valence-corrected chi connectivity index (χ1v) is 5.55. The monoisotopic (exact) mass is 233 g/mol. The molecule has 0 unspecified atom stereocenters. The van der Waals surface area contributed by atoms with Crippen LogP contribution < -0.4 is 11.1 Å². The number of rotatable bonds is 2. The van der Waals surface area contributed by atoms with Crippen molar-refractivity contribution in [3.63, 3.8) is 0 Å². The zero-order valence-electron chi connectivity index (χ0n) is 9.43. The second-order valence-electron chi connectivity index (χ2n) is 4.03. The highest BCUT2D eigenvalue weighted by molar-refractivity contribution is 5.94. The van der Waals surface area contributed by atoms with Gasteiger partial charge in [-0.05, 0) is 12.1 Å². The van der Waals surface area contributed by atoms with Gasteiger partial charge < -0.3 is 16.0 Å². The number of carbonyl (C=O) groups is 2. The Morgan fingerprint density at radius 2 is 2.00 bits per heavy atom. The Hall–Kier alpha value is -1.88. The first kappa shape index (κ1) is 11.6. The summed E-state index contributed by atoms with van der Waals surface area (Å²) in [6, 6.07) is 8.59. The van der Waals surface area contributed by atoms with Crippen LogP contribution in [0.5, 0.6) is 0 Å². The fourth-order valence-corrected chi connectivity index (χ4v) is 1.89. The van der Waals surface area contributed by atoms with E-state index in [-0.39, 0.29) is 5.91 Å². The number of piperazine rings is 1. The molecule has 1 fully saturated rings. The maximum Gasteiger partial charge on any atom is 0.253 e. The molecule has 2 rings (SSSR count). The molecule has 2 amide bonds.